The molecule has 5 rings (SSSR count). The predicted octanol–water partition coefficient (Wildman–Crippen LogP) is 5.61. The maximum Gasteiger partial charge on any atom is 0.253 e. The summed E-state index contributed by atoms with van der Waals surface area (Å²) in [5.41, 5.74) is 1.41. The standard InChI is InChI=1S/C26H23NO2/c28-23-15-16-24(29)27(23)17-4-2-1-3-6-18-9-10-21-12-11-19-7-5-8-20-13-14-22(18)26(21)25(19)20/h5,7-16H,1-4,6,17H2. The molecule has 0 bridgehead atoms. The fourth-order valence-corrected chi connectivity index (χ4v) is 4.60. The summed E-state index contributed by atoms with van der Waals surface area (Å²) >= 11 is 0. The molecule has 1 aliphatic heterocycles. The van der Waals surface area contributed by atoms with Crippen LogP contribution in [0.25, 0.3) is 32.3 Å². The Labute approximate surface area is 169 Å². The van der Waals surface area contributed by atoms with Crippen molar-refractivity contribution in [2.24, 2.45) is 0 Å². The van der Waals surface area contributed by atoms with Gasteiger partial charge in [0.1, 0.15) is 0 Å². The Kier molecular flexibility index (Phi) is 4.51. The number of rotatable bonds is 7. The van der Waals surface area contributed by atoms with Crippen LogP contribution in [0.1, 0.15) is 31.2 Å². The Morgan fingerprint density at radius 1 is 0.621 bits per heavy atom. The van der Waals surface area contributed by atoms with Gasteiger partial charge in [-0.1, -0.05) is 67.4 Å². The van der Waals surface area contributed by atoms with E-state index in [1.807, 2.05) is 0 Å². The molecule has 4 aromatic carbocycles. The van der Waals surface area contributed by atoms with Gasteiger partial charge in [0, 0.05) is 18.7 Å². The maximum atomic E-state index is 11.6. The first-order valence-corrected chi connectivity index (χ1v) is 10.4. The van der Waals surface area contributed by atoms with Gasteiger partial charge in [0.2, 0.25) is 0 Å². The zero-order valence-electron chi connectivity index (χ0n) is 16.4. The molecule has 0 unspecified atom stereocenters. The maximum absolute atomic E-state index is 11.6. The van der Waals surface area contributed by atoms with Gasteiger partial charge in [-0.2, -0.15) is 0 Å². The second-order valence-electron chi connectivity index (χ2n) is 7.91. The topological polar surface area (TPSA) is 37.4 Å². The molecule has 0 N–H and O–H groups in total. The van der Waals surface area contributed by atoms with Gasteiger partial charge >= 0.3 is 0 Å². The third-order valence-corrected chi connectivity index (χ3v) is 6.10. The van der Waals surface area contributed by atoms with Crippen LogP contribution in [0.15, 0.2) is 66.7 Å². The first-order valence-electron chi connectivity index (χ1n) is 10.4. The van der Waals surface area contributed by atoms with Crippen molar-refractivity contribution in [3.05, 3.63) is 72.3 Å². The molecule has 29 heavy (non-hydrogen) atoms. The van der Waals surface area contributed by atoms with Crippen LogP contribution in [0.3, 0.4) is 0 Å². The van der Waals surface area contributed by atoms with E-state index in [1.54, 1.807) is 0 Å². The number of carbonyl (C=O) groups is 2. The van der Waals surface area contributed by atoms with Crippen LogP contribution >= 0.6 is 0 Å². The number of imide groups is 1. The molecule has 144 valence electrons. The SMILES string of the molecule is O=C1C=CC(=O)N1CCCCCCc1ccc2ccc3cccc4ccc1c2c34. The van der Waals surface area contributed by atoms with E-state index < -0.39 is 0 Å². The van der Waals surface area contributed by atoms with E-state index in [-0.39, 0.29) is 11.8 Å². The summed E-state index contributed by atoms with van der Waals surface area (Å²) in [6.45, 7) is 0.531. The lowest BCUT2D eigenvalue weighted by Gasteiger charge is -2.14. The van der Waals surface area contributed by atoms with Gasteiger partial charge in [-0.25, -0.2) is 0 Å². The van der Waals surface area contributed by atoms with Crippen LogP contribution in [-0.2, 0) is 16.0 Å². The Balaban J connectivity index is 1.26. The number of aryl methyl sites for hydroxylation is 1. The van der Waals surface area contributed by atoms with Crippen molar-refractivity contribution < 1.29 is 9.59 Å². The molecule has 1 aliphatic rings. The highest BCUT2D eigenvalue weighted by molar-refractivity contribution is 6.23. The quantitative estimate of drug-likeness (QED) is 0.237. The molecule has 0 aliphatic carbocycles. The molecule has 0 fully saturated rings. The lowest BCUT2D eigenvalue weighted by molar-refractivity contribution is -0.136. The summed E-state index contributed by atoms with van der Waals surface area (Å²) in [6, 6.07) is 20.0. The number of amides is 2. The number of benzene rings is 4. The lowest BCUT2D eigenvalue weighted by Crippen LogP contribution is -2.30. The molecule has 0 aromatic heterocycles. The van der Waals surface area contributed by atoms with Crippen molar-refractivity contribution in [2.75, 3.05) is 6.54 Å². The second-order valence-corrected chi connectivity index (χ2v) is 7.91. The van der Waals surface area contributed by atoms with Crippen molar-refractivity contribution in [1.29, 1.82) is 0 Å². The molecule has 0 radical (unpaired) electrons. The second kappa shape index (κ2) is 7.32. The first kappa shape index (κ1) is 17.9. The van der Waals surface area contributed by atoms with Crippen LogP contribution < -0.4 is 0 Å². The number of hydrogen-bond donors (Lipinski definition) is 0. The fraction of sp³-hybridized carbons (Fsp3) is 0.231. The van der Waals surface area contributed by atoms with E-state index >= 15 is 0 Å². The minimum absolute atomic E-state index is 0.177. The summed E-state index contributed by atoms with van der Waals surface area (Å²) in [5.74, 6) is -0.354. The minimum Gasteiger partial charge on any atom is -0.275 e. The van der Waals surface area contributed by atoms with Gasteiger partial charge in [-0.15, -0.1) is 0 Å². The number of carbonyl (C=O) groups excluding carboxylic acids is 2. The van der Waals surface area contributed by atoms with Crippen molar-refractivity contribution in [1.82, 2.24) is 4.90 Å². The highest BCUT2D eigenvalue weighted by Gasteiger charge is 2.22. The predicted molar refractivity (Wildman–Crippen MR) is 118 cm³/mol. The number of unbranched alkanes of at least 4 members (excludes halogenated alkanes) is 3. The average Bonchev–Trinajstić information content (AvgIpc) is 3.07. The van der Waals surface area contributed by atoms with Crippen LogP contribution in [0, 0.1) is 0 Å². The molecule has 1 heterocycles. The molecule has 0 saturated carbocycles. The molecule has 3 nitrogen and oxygen atoms in total. The number of nitrogens with zero attached hydrogens (tertiary/aromatic N) is 1. The highest BCUT2D eigenvalue weighted by atomic mass is 16.2. The molecule has 0 saturated heterocycles. The van der Waals surface area contributed by atoms with E-state index in [0.717, 1.165) is 32.1 Å². The zero-order chi connectivity index (χ0) is 19.8. The summed E-state index contributed by atoms with van der Waals surface area (Å²) in [5, 5.41) is 8.04. The van der Waals surface area contributed by atoms with E-state index in [0.29, 0.717) is 6.54 Å². The number of hydrogen-bond acceptors (Lipinski definition) is 2. The van der Waals surface area contributed by atoms with Gasteiger partial charge in [0.15, 0.2) is 0 Å². The van der Waals surface area contributed by atoms with E-state index in [2.05, 4.69) is 54.6 Å². The van der Waals surface area contributed by atoms with Gasteiger partial charge in [0.25, 0.3) is 11.8 Å². The largest absolute Gasteiger partial charge is 0.275 e. The normalized spacial score (nSPS) is 14.3. The van der Waals surface area contributed by atoms with E-state index in [4.69, 9.17) is 0 Å². The van der Waals surface area contributed by atoms with Crippen LogP contribution in [0.4, 0.5) is 0 Å². The van der Waals surface area contributed by atoms with Crippen molar-refractivity contribution >= 4 is 44.1 Å². The Bertz CT molecular complexity index is 1220. The molecule has 0 spiro atoms. The van der Waals surface area contributed by atoms with Gasteiger partial charge < -0.3 is 0 Å². The highest BCUT2D eigenvalue weighted by Crippen LogP contribution is 2.36. The van der Waals surface area contributed by atoms with Crippen LogP contribution in [0.2, 0.25) is 0 Å². The van der Waals surface area contributed by atoms with Gasteiger partial charge in [0.05, 0.1) is 0 Å². The zero-order valence-corrected chi connectivity index (χ0v) is 16.4. The Hall–Kier alpha value is -3.20. The summed E-state index contributed by atoms with van der Waals surface area (Å²) in [6.07, 6.45) is 7.89. The summed E-state index contributed by atoms with van der Waals surface area (Å²) < 4.78 is 0. The van der Waals surface area contributed by atoms with E-state index in [1.165, 1.54) is 54.9 Å². The molecule has 2 amide bonds. The van der Waals surface area contributed by atoms with Crippen LogP contribution in [0.5, 0.6) is 0 Å². The Morgan fingerprint density at radius 3 is 2.00 bits per heavy atom. The first-order chi connectivity index (χ1) is 14.2. The fourth-order valence-electron chi connectivity index (χ4n) is 4.60. The van der Waals surface area contributed by atoms with Crippen molar-refractivity contribution in [3.8, 4) is 0 Å². The average molecular weight is 381 g/mol. The Morgan fingerprint density at radius 2 is 1.24 bits per heavy atom. The minimum atomic E-state index is -0.177. The van der Waals surface area contributed by atoms with Crippen LogP contribution in [-0.4, -0.2) is 23.3 Å². The van der Waals surface area contributed by atoms with Gasteiger partial charge in [-0.3, -0.25) is 14.5 Å². The monoisotopic (exact) mass is 381 g/mol. The molecular weight excluding hydrogens is 358 g/mol. The third kappa shape index (κ3) is 3.17. The molecule has 4 aromatic rings. The van der Waals surface area contributed by atoms with Gasteiger partial charge in [-0.05, 0) is 57.1 Å². The summed E-state index contributed by atoms with van der Waals surface area (Å²) in [4.78, 5) is 24.5. The smallest absolute Gasteiger partial charge is 0.253 e. The van der Waals surface area contributed by atoms with Crippen molar-refractivity contribution in [2.45, 2.75) is 32.1 Å². The van der Waals surface area contributed by atoms with E-state index in [9.17, 15) is 9.59 Å². The molecule has 3 heteroatoms. The molecule has 0 atom stereocenters. The lowest BCUT2D eigenvalue weighted by atomic mass is 9.90. The summed E-state index contributed by atoms with van der Waals surface area (Å²) in [7, 11) is 0. The third-order valence-electron chi connectivity index (χ3n) is 6.10. The van der Waals surface area contributed by atoms with Crippen molar-refractivity contribution in [3.63, 3.8) is 0 Å². The molecular formula is C26H23NO2.